The third-order valence-electron chi connectivity index (χ3n) is 5.63. The molecular formula is C23H26N2O9S3. The number of amides is 1. The van der Waals surface area contributed by atoms with Gasteiger partial charge in [0, 0.05) is 30.7 Å². The molecule has 1 aliphatic heterocycles. The second-order valence-electron chi connectivity index (χ2n) is 8.21. The fourth-order valence-corrected chi connectivity index (χ4v) is 8.21. The van der Waals surface area contributed by atoms with Crippen molar-refractivity contribution >= 4 is 55.1 Å². The van der Waals surface area contributed by atoms with Crippen molar-refractivity contribution in [3.05, 3.63) is 47.5 Å². The second kappa shape index (κ2) is 11.1. The number of nitrogens with two attached hydrogens (primary N) is 1. The Morgan fingerprint density at radius 2 is 1.92 bits per heavy atom. The number of para-hydroxylation sites is 1. The van der Waals surface area contributed by atoms with Gasteiger partial charge in [0.1, 0.15) is 14.2 Å². The van der Waals surface area contributed by atoms with Crippen LogP contribution in [0.3, 0.4) is 0 Å². The summed E-state index contributed by atoms with van der Waals surface area (Å²) >= 11 is 0.583. The van der Waals surface area contributed by atoms with Crippen LogP contribution < -0.4 is 9.88 Å². The van der Waals surface area contributed by atoms with Crippen LogP contribution in [0.2, 0.25) is 0 Å². The Balaban J connectivity index is 1.89. The Bertz CT molecular complexity index is 1460. The highest BCUT2D eigenvalue weighted by Gasteiger charge is 2.42. The highest BCUT2D eigenvalue weighted by atomic mass is 32.3. The number of hydrogen-bond acceptors (Lipinski definition) is 10. The van der Waals surface area contributed by atoms with Gasteiger partial charge < -0.3 is 14.4 Å². The SMILES string of the molecule is CCN(C(=O)/C=C/c1ccccc1OC(=O)COC(C)=O)[C@H]1C[C@H](C)S(=O)(=O)c2sc(S(N)(=O)=O)cc21. The van der Waals surface area contributed by atoms with Crippen molar-refractivity contribution in [2.75, 3.05) is 13.2 Å². The summed E-state index contributed by atoms with van der Waals surface area (Å²) in [6, 6.07) is 6.94. The lowest BCUT2D eigenvalue weighted by atomic mass is 10.0. The number of sulfonamides is 1. The molecule has 0 unspecified atom stereocenters. The minimum absolute atomic E-state index is 0.0773. The summed E-state index contributed by atoms with van der Waals surface area (Å²) in [6.45, 7) is 4.03. The van der Waals surface area contributed by atoms with Gasteiger partial charge in [-0.15, -0.1) is 11.3 Å². The van der Waals surface area contributed by atoms with Gasteiger partial charge in [0.25, 0.3) is 0 Å². The number of nitrogens with zero attached hydrogens (tertiary/aromatic N) is 1. The zero-order chi connectivity index (χ0) is 27.5. The topological polar surface area (TPSA) is 167 Å². The molecule has 3 rings (SSSR count). The van der Waals surface area contributed by atoms with E-state index in [9.17, 15) is 31.2 Å². The van der Waals surface area contributed by atoms with Gasteiger partial charge in [0.15, 0.2) is 16.4 Å². The van der Waals surface area contributed by atoms with E-state index in [0.29, 0.717) is 16.9 Å². The van der Waals surface area contributed by atoms with Gasteiger partial charge in [0.2, 0.25) is 15.9 Å². The van der Waals surface area contributed by atoms with Crippen molar-refractivity contribution < 1.29 is 40.7 Å². The summed E-state index contributed by atoms with van der Waals surface area (Å²) in [5.74, 6) is -1.76. The molecule has 1 aromatic heterocycles. The smallest absolute Gasteiger partial charge is 0.349 e. The van der Waals surface area contributed by atoms with Crippen LogP contribution in [0.5, 0.6) is 5.75 Å². The fraction of sp³-hybridized carbons (Fsp3) is 0.348. The number of primary sulfonamides is 1. The fourth-order valence-electron chi connectivity index (χ4n) is 3.82. The number of rotatable bonds is 8. The molecule has 1 aliphatic rings. The molecule has 0 saturated heterocycles. The molecule has 0 aliphatic carbocycles. The Kier molecular flexibility index (Phi) is 8.57. The van der Waals surface area contributed by atoms with E-state index < -0.39 is 55.6 Å². The lowest BCUT2D eigenvalue weighted by molar-refractivity contribution is -0.152. The zero-order valence-electron chi connectivity index (χ0n) is 20.2. The third kappa shape index (κ3) is 6.44. The lowest BCUT2D eigenvalue weighted by Gasteiger charge is -2.35. The zero-order valence-corrected chi connectivity index (χ0v) is 22.7. The number of esters is 2. The van der Waals surface area contributed by atoms with Crippen LogP contribution >= 0.6 is 11.3 Å². The number of ether oxygens (including phenoxy) is 2. The summed E-state index contributed by atoms with van der Waals surface area (Å²) in [4.78, 5) is 37.5. The van der Waals surface area contributed by atoms with Gasteiger partial charge >= 0.3 is 11.9 Å². The van der Waals surface area contributed by atoms with E-state index in [2.05, 4.69) is 4.74 Å². The molecule has 1 aromatic carbocycles. The van der Waals surface area contributed by atoms with E-state index >= 15 is 0 Å². The van der Waals surface area contributed by atoms with Crippen molar-refractivity contribution in [3.63, 3.8) is 0 Å². The van der Waals surface area contributed by atoms with Crippen LogP contribution in [0.15, 0.2) is 44.8 Å². The lowest BCUT2D eigenvalue weighted by Crippen LogP contribution is -2.39. The van der Waals surface area contributed by atoms with Crippen LogP contribution in [0, 0.1) is 0 Å². The molecule has 1 amide bonds. The van der Waals surface area contributed by atoms with Gasteiger partial charge in [0.05, 0.1) is 11.3 Å². The van der Waals surface area contributed by atoms with Gasteiger partial charge in [-0.3, -0.25) is 9.59 Å². The first-order valence-corrected chi connectivity index (χ1v) is 15.0. The van der Waals surface area contributed by atoms with E-state index in [4.69, 9.17) is 9.88 Å². The predicted octanol–water partition coefficient (Wildman–Crippen LogP) is 2.03. The van der Waals surface area contributed by atoms with Crippen LogP contribution in [0.4, 0.5) is 0 Å². The van der Waals surface area contributed by atoms with Crippen molar-refractivity contribution in [1.82, 2.24) is 4.90 Å². The third-order valence-corrected chi connectivity index (χ3v) is 10.9. The van der Waals surface area contributed by atoms with E-state index in [1.807, 2.05) is 0 Å². The number of likely N-dealkylation sites (N-methyl/N-ethyl adjacent to an activating group) is 1. The van der Waals surface area contributed by atoms with Crippen molar-refractivity contribution in [1.29, 1.82) is 0 Å². The Hall–Kier alpha value is -3.07. The summed E-state index contributed by atoms with van der Waals surface area (Å²) in [5, 5.41) is 4.39. The maximum atomic E-state index is 13.2. The van der Waals surface area contributed by atoms with Crippen LogP contribution in [-0.2, 0) is 39.0 Å². The maximum Gasteiger partial charge on any atom is 0.349 e. The molecule has 200 valence electrons. The van der Waals surface area contributed by atoms with Crippen LogP contribution in [0.1, 0.15) is 44.4 Å². The molecule has 0 saturated carbocycles. The molecule has 2 atom stereocenters. The normalized spacial score (nSPS) is 18.7. The average molecular weight is 571 g/mol. The standard InChI is InChI=1S/C23H26N2O9S3/c1-4-25(18-11-14(2)36(29,30)23-17(18)12-22(35-23)37(24,31)32)20(27)10-9-16-7-5-6-8-19(16)34-21(28)13-33-15(3)26/h5-10,12,14,18H,4,11,13H2,1-3H3,(H2,24,31,32)/b10-9+/t14-,18-/m0/s1. The minimum atomic E-state index is -4.14. The Labute approximate surface area is 218 Å². The summed E-state index contributed by atoms with van der Waals surface area (Å²) in [7, 11) is -7.92. The molecular weight excluding hydrogens is 544 g/mol. The molecule has 2 aromatic rings. The van der Waals surface area contributed by atoms with Crippen molar-refractivity contribution in [2.24, 2.45) is 5.14 Å². The van der Waals surface area contributed by atoms with Crippen LogP contribution in [0.25, 0.3) is 6.08 Å². The highest BCUT2D eigenvalue weighted by molar-refractivity contribution is 7.95. The predicted molar refractivity (Wildman–Crippen MR) is 135 cm³/mol. The summed E-state index contributed by atoms with van der Waals surface area (Å²) in [5.41, 5.74) is 0.617. The Morgan fingerprint density at radius 3 is 2.54 bits per heavy atom. The monoisotopic (exact) mass is 570 g/mol. The molecule has 2 N–H and O–H groups in total. The van der Waals surface area contributed by atoms with Gasteiger partial charge in [-0.25, -0.2) is 26.8 Å². The van der Waals surface area contributed by atoms with Crippen LogP contribution in [-0.4, -0.2) is 58.0 Å². The van der Waals surface area contributed by atoms with E-state index in [1.165, 1.54) is 36.1 Å². The first-order chi connectivity index (χ1) is 17.3. The molecule has 0 spiro atoms. The largest absolute Gasteiger partial charge is 0.454 e. The number of carbonyl (C=O) groups is 3. The summed E-state index contributed by atoms with van der Waals surface area (Å²) in [6.07, 6.45) is 2.77. The van der Waals surface area contributed by atoms with Gasteiger partial charge in [-0.05, 0) is 38.5 Å². The number of fused-ring (bicyclic) bond motifs is 1. The van der Waals surface area contributed by atoms with Gasteiger partial charge in [-0.1, -0.05) is 18.2 Å². The maximum absolute atomic E-state index is 13.2. The number of hydrogen-bond donors (Lipinski definition) is 1. The molecule has 37 heavy (non-hydrogen) atoms. The number of benzene rings is 1. The summed E-state index contributed by atoms with van der Waals surface area (Å²) < 4.78 is 59.0. The quantitative estimate of drug-likeness (QED) is 0.284. The van der Waals surface area contributed by atoms with E-state index in [0.717, 1.165) is 6.92 Å². The minimum Gasteiger partial charge on any atom is -0.454 e. The molecule has 2 heterocycles. The molecule has 0 radical (unpaired) electrons. The first-order valence-electron chi connectivity index (χ1n) is 11.1. The molecule has 0 fully saturated rings. The van der Waals surface area contributed by atoms with E-state index in [-0.39, 0.29) is 32.7 Å². The second-order valence-corrected chi connectivity index (χ2v) is 13.6. The van der Waals surface area contributed by atoms with Gasteiger partial charge in [-0.2, -0.15) is 0 Å². The van der Waals surface area contributed by atoms with Crippen molar-refractivity contribution in [2.45, 2.75) is 46.9 Å². The Morgan fingerprint density at radius 1 is 1.24 bits per heavy atom. The number of sulfone groups is 1. The first kappa shape index (κ1) is 28.5. The molecule has 11 nitrogen and oxygen atoms in total. The average Bonchev–Trinajstić information content (AvgIpc) is 3.28. The number of thiophene rings is 1. The van der Waals surface area contributed by atoms with E-state index in [1.54, 1.807) is 25.1 Å². The molecule has 14 heteroatoms. The number of carbonyl (C=O) groups excluding carboxylic acids is 3. The molecule has 0 bridgehead atoms. The highest BCUT2D eigenvalue weighted by Crippen LogP contribution is 2.45. The van der Waals surface area contributed by atoms with Crippen molar-refractivity contribution in [3.8, 4) is 5.75 Å².